The smallest absolute Gasteiger partial charge is 0.225 e. The first-order chi connectivity index (χ1) is 7.38. The lowest BCUT2D eigenvalue weighted by Crippen LogP contribution is -2.22. The lowest BCUT2D eigenvalue weighted by atomic mass is 10.2. The van der Waals surface area contributed by atoms with E-state index in [1.165, 1.54) is 0 Å². The zero-order chi connectivity index (χ0) is 12.2. The van der Waals surface area contributed by atoms with Gasteiger partial charge in [0.2, 0.25) is 11.2 Å². The average molecular weight is 245 g/mol. The van der Waals surface area contributed by atoms with Crippen LogP contribution in [-0.4, -0.2) is 28.8 Å². The van der Waals surface area contributed by atoms with Gasteiger partial charge in [-0.25, -0.2) is 4.98 Å². The maximum absolute atomic E-state index is 5.67. The molecular weight excluding hydrogens is 228 g/mol. The molecule has 0 saturated heterocycles. The summed E-state index contributed by atoms with van der Waals surface area (Å²) in [6.45, 7) is 8.84. The van der Waals surface area contributed by atoms with Crippen molar-refractivity contribution in [2.45, 2.75) is 33.3 Å². The van der Waals surface area contributed by atoms with Crippen LogP contribution in [0.5, 0.6) is 5.88 Å². The van der Waals surface area contributed by atoms with Gasteiger partial charge in [0.15, 0.2) is 0 Å². The maximum atomic E-state index is 5.67. The number of nitrogens with zero attached hydrogens (tertiary/aromatic N) is 2. The molecule has 0 spiro atoms. The van der Waals surface area contributed by atoms with Crippen molar-refractivity contribution in [3.05, 3.63) is 17.0 Å². The van der Waals surface area contributed by atoms with Gasteiger partial charge in [-0.05, 0) is 39.3 Å². The molecular formula is C11H17ClN2O2. The zero-order valence-electron chi connectivity index (χ0n) is 10.1. The van der Waals surface area contributed by atoms with Crippen LogP contribution in [-0.2, 0) is 4.74 Å². The van der Waals surface area contributed by atoms with E-state index in [1.807, 2.05) is 27.7 Å². The van der Waals surface area contributed by atoms with Gasteiger partial charge < -0.3 is 9.47 Å². The molecule has 16 heavy (non-hydrogen) atoms. The summed E-state index contributed by atoms with van der Waals surface area (Å²) in [5, 5.41) is 0.192. The van der Waals surface area contributed by atoms with Gasteiger partial charge in [-0.2, -0.15) is 4.98 Å². The molecule has 0 unspecified atom stereocenters. The van der Waals surface area contributed by atoms with Crippen LogP contribution in [0, 0.1) is 6.92 Å². The summed E-state index contributed by atoms with van der Waals surface area (Å²) >= 11 is 5.67. The molecule has 4 nitrogen and oxygen atoms in total. The van der Waals surface area contributed by atoms with Gasteiger partial charge in [-0.15, -0.1) is 0 Å². The van der Waals surface area contributed by atoms with Gasteiger partial charge in [0.05, 0.1) is 12.2 Å². The molecule has 0 amide bonds. The van der Waals surface area contributed by atoms with Crippen molar-refractivity contribution >= 4 is 11.6 Å². The number of ether oxygens (including phenoxy) is 2. The Morgan fingerprint density at radius 2 is 2.00 bits per heavy atom. The fraction of sp³-hybridized carbons (Fsp3) is 0.636. The standard InChI is InChI=1S/C11H17ClN2O2/c1-8-7-13-10(12)14-9(8)15-5-6-16-11(2,3)4/h7H,5-6H2,1-4H3. The third-order valence-electron chi connectivity index (χ3n) is 1.75. The van der Waals surface area contributed by atoms with Gasteiger partial charge in [0.1, 0.15) is 6.61 Å². The summed E-state index contributed by atoms with van der Waals surface area (Å²) in [5.74, 6) is 0.512. The van der Waals surface area contributed by atoms with Gasteiger partial charge in [-0.1, -0.05) is 0 Å². The molecule has 0 radical (unpaired) electrons. The van der Waals surface area contributed by atoms with E-state index in [2.05, 4.69) is 9.97 Å². The molecule has 0 N–H and O–H groups in total. The maximum Gasteiger partial charge on any atom is 0.225 e. The molecule has 1 heterocycles. The fourth-order valence-corrected chi connectivity index (χ4v) is 1.16. The lowest BCUT2D eigenvalue weighted by molar-refractivity contribution is -0.0168. The normalized spacial score (nSPS) is 11.6. The second-order valence-electron chi connectivity index (χ2n) is 4.44. The first kappa shape index (κ1) is 13.2. The Hall–Kier alpha value is -0.870. The predicted octanol–water partition coefficient (Wildman–Crippen LogP) is 2.63. The molecule has 90 valence electrons. The minimum atomic E-state index is -0.151. The van der Waals surface area contributed by atoms with Crippen molar-refractivity contribution in [2.24, 2.45) is 0 Å². The third-order valence-corrected chi connectivity index (χ3v) is 1.94. The van der Waals surface area contributed by atoms with Gasteiger partial charge in [-0.3, -0.25) is 0 Å². The SMILES string of the molecule is Cc1cnc(Cl)nc1OCCOC(C)(C)C. The van der Waals surface area contributed by atoms with Crippen molar-refractivity contribution in [3.63, 3.8) is 0 Å². The van der Waals surface area contributed by atoms with E-state index in [1.54, 1.807) is 6.20 Å². The molecule has 0 fully saturated rings. The summed E-state index contributed by atoms with van der Waals surface area (Å²) < 4.78 is 11.0. The summed E-state index contributed by atoms with van der Waals surface area (Å²) in [7, 11) is 0. The fourth-order valence-electron chi connectivity index (χ4n) is 1.04. The highest BCUT2D eigenvalue weighted by Gasteiger charge is 2.10. The number of halogens is 1. The number of hydrogen-bond acceptors (Lipinski definition) is 4. The molecule has 0 saturated carbocycles. The Labute approximate surface area is 101 Å². The van der Waals surface area contributed by atoms with Crippen molar-refractivity contribution in [1.82, 2.24) is 9.97 Å². The van der Waals surface area contributed by atoms with Crippen LogP contribution in [0.1, 0.15) is 26.3 Å². The summed E-state index contributed by atoms with van der Waals surface area (Å²) in [6.07, 6.45) is 1.63. The monoisotopic (exact) mass is 244 g/mol. The van der Waals surface area contributed by atoms with Crippen LogP contribution >= 0.6 is 11.6 Å². The molecule has 1 aromatic rings. The highest BCUT2D eigenvalue weighted by molar-refractivity contribution is 6.28. The minimum absolute atomic E-state index is 0.151. The van der Waals surface area contributed by atoms with Crippen LogP contribution in [0.3, 0.4) is 0 Å². The van der Waals surface area contributed by atoms with E-state index in [0.29, 0.717) is 19.1 Å². The Kier molecular flexibility index (Phi) is 4.50. The topological polar surface area (TPSA) is 44.2 Å². The first-order valence-electron chi connectivity index (χ1n) is 5.14. The molecule has 0 bridgehead atoms. The van der Waals surface area contributed by atoms with E-state index in [4.69, 9.17) is 21.1 Å². The molecule has 0 aliphatic heterocycles. The van der Waals surface area contributed by atoms with Crippen molar-refractivity contribution in [2.75, 3.05) is 13.2 Å². The summed E-state index contributed by atoms with van der Waals surface area (Å²) in [4.78, 5) is 7.83. The number of rotatable bonds is 4. The Balaban J connectivity index is 2.40. The first-order valence-corrected chi connectivity index (χ1v) is 5.52. The van der Waals surface area contributed by atoms with Crippen LogP contribution in [0.25, 0.3) is 0 Å². The lowest BCUT2D eigenvalue weighted by Gasteiger charge is -2.19. The molecule has 0 aliphatic rings. The zero-order valence-corrected chi connectivity index (χ0v) is 10.8. The van der Waals surface area contributed by atoms with E-state index in [-0.39, 0.29) is 10.9 Å². The Morgan fingerprint density at radius 1 is 1.31 bits per heavy atom. The van der Waals surface area contributed by atoms with E-state index >= 15 is 0 Å². The van der Waals surface area contributed by atoms with Crippen LogP contribution in [0.15, 0.2) is 6.20 Å². The summed E-state index contributed by atoms with van der Waals surface area (Å²) in [5.41, 5.74) is 0.710. The molecule has 0 atom stereocenters. The second kappa shape index (κ2) is 5.46. The molecule has 1 aromatic heterocycles. The van der Waals surface area contributed by atoms with E-state index < -0.39 is 0 Å². The minimum Gasteiger partial charge on any atom is -0.475 e. The van der Waals surface area contributed by atoms with Crippen molar-refractivity contribution < 1.29 is 9.47 Å². The largest absolute Gasteiger partial charge is 0.475 e. The third kappa shape index (κ3) is 4.77. The van der Waals surface area contributed by atoms with Gasteiger partial charge in [0, 0.05) is 11.8 Å². The molecule has 1 rings (SSSR count). The highest BCUT2D eigenvalue weighted by atomic mass is 35.5. The quantitative estimate of drug-likeness (QED) is 0.603. The predicted molar refractivity (Wildman–Crippen MR) is 63.0 cm³/mol. The van der Waals surface area contributed by atoms with Crippen LogP contribution in [0.2, 0.25) is 5.28 Å². The molecule has 0 aliphatic carbocycles. The Morgan fingerprint density at radius 3 is 2.62 bits per heavy atom. The molecule has 5 heteroatoms. The van der Waals surface area contributed by atoms with Crippen molar-refractivity contribution in [3.8, 4) is 5.88 Å². The number of hydrogen-bond donors (Lipinski definition) is 0. The number of aromatic nitrogens is 2. The van der Waals surface area contributed by atoms with E-state index in [0.717, 1.165) is 5.56 Å². The van der Waals surface area contributed by atoms with Gasteiger partial charge >= 0.3 is 0 Å². The highest BCUT2D eigenvalue weighted by Crippen LogP contribution is 2.15. The van der Waals surface area contributed by atoms with Gasteiger partial charge in [0.25, 0.3) is 0 Å². The molecule has 0 aromatic carbocycles. The van der Waals surface area contributed by atoms with Crippen molar-refractivity contribution in [1.29, 1.82) is 0 Å². The Bertz CT molecular complexity index is 350. The number of aryl methyl sites for hydroxylation is 1. The summed E-state index contributed by atoms with van der Waals surface area (Å²) in [6, 6.07) is 0. The van der Waals surface area contributed by atoms with E-state index in [9.17, 15) is 0 Å². The van der Waals surface area contributed by atoms with Crippen LogP contribution < -0.4 is 4.74 Å². The average Bonchev–Trinajstić information content (AvgIpc) is 2.16. The second-order valence-corrected chi connectivity index (χ2v) is 4.77. The van der Waals surface area contributed by atoms with Crippen LogP contribution in [0.4, 0.5) is 0 Å².